The summed E-state index contributed by atoms with van der Waals surface area (Å²) in [5, 5.41) is 35.6. The summed E-state index contributed by atoms with van der Waals surface area (Å²) >= 11 is 0. The maximum absolute atomic E-state index is 8.89. The molecule has 0 aliphatic rings. The van der Waals surface area contributed by atoms with Crippen molar-refractivity contribution >= 4 is 23.9 Å². The van der Waals surface area contributed by atoms with E-state index in [1.54, 1.807) is 0 Å². The van der Waals surface area contributed by atoms with E-state index < -0.39 is 23.9 Å². The van der Waals surface area contributed by atoms with Gasteiger partial charge in [0.25, 0.3) is 0 Å². The summed E-state index contributed by atoms with van der Waals surface area (Å²) in [4.78, 5) is 35.6. The molecule has 8 nitrogen and oxygen atoms in total. The Morgan fingerprint density at radius 2 is 0.526 bits per heavy atom. The van der Waals surface area contributed by atoms with Crippen LogP contribution in [0.3, 0.4) is 0 Å². The first-order chi connectivity index (χ1) is 6.93. The van der Waals surface area contributed by atoms with E-state index in [0.29, 0.717) is 0 Å². The Morgan fingerprint density at radius 3 is 0.526 bits per heavy atom. The number of carboxylic acid groups (broad SMARTS) is 4. The zero-order chi connectivity index (χ0) is 14.3. The van der Waals surface area contributed by atoms with E-state index >= 15 is 0 Å². The number of hydrogen-bond donors (Lipinski definition) is 0. The second-order valence-corrected chi connectivity index (χ2v) is 1.97. The van der Waals surface area contributed by atoms with Crippen molar-refractivity contribution in [3.8, 4) is 0 Å². The Labute approximate surface area is 166 Å². The van der Waals surface area contributed by atoms with E-state index in [9.17, 15) is 0 Å². The third-order valence-electron chi connectivity index (χ3n) is 0. The van der Waals surface area contributed by atoms with Crippen LogP contribution in [-0.4, -0.2) is 23.9 Å². The van der Waals surface area contributed by atoms with Gasteiger partial charge in [0.15, 0.2) is 0 Å². The second-order valence-electron chi connectivity index (χ2n) is 1.97. The summed E-state index contributed by atoms with van der Waals surface area (Å²) < 4.78 is 0. The first kappa shape index (κ1) is 42.7. The molecule has 0 unspecified atom stereocenters. The van der Waals surface area contributed by atoms with Crippen LogP contribution in [0.2, 0.25) is 0 Å². The van der Waals surface area contributed by atoms with Crippen molar-refractivity contribution in [3.63, 3.8) is 0 Å². The van der Waals surface area contributed by atoms with Crippen molar-refractivity contribution in [2.24, 2.45) is 0 Å². The third-order valence-corrected chi connectivity index (χ3v) is 0. The summed E-state index contributed by atoms with van der Waals surface area (Å²) in [5.41, 5.74) is 0. The number of carbonyl (C=O) groups excluding carboxylic acids is 4. The quantitative estimate of drug-likeness (QED) is 0.391. The van der Waals surface area contributed by atoms with Crippen LogP contribution >= 0.6 is 0 Å². The van der Waals surface area contributed by atoms with Crippen LogP contribution in [0.15, 0.2) is 0 Å². The molecule has 19 heavy (non-hydrogen) atoms. The van der Waals surface area contributed by atoms with Gasteiger partial charge in [-0.2, -0.15) is 0 Å². The number of rotatable bonds is 0. The van der Waals surface area contributed by atoms with E-state index in [1.165, 1.54) is 0 Å². The van der Waals surface area contributed by atoms with Crippen LogP contribution in [0.25, 0.3) is 0 Å². The van der Waals surface area contributed by atoms with Gasteiger partial charge < -0.3 is 39.6 Å². The van der Waals surface area contributed by atoms with Gasteiger partial charge in [-0.1, -0.05) is 0 Å². The van der Waals surface area contributed by atoms with Crippen molar-refractivity contribution in [3.05, 3.63) is 0 Å². The van der Waals surface area contributed by atoms with E-state index in [-0.39, 0.29) is 76.2 Å². The SMILES string of the molecule is CC(=O)[O-].CC(=O)[O-].CC(=O)[O-].CC(=O)[O-].[Cu+2].[Na+].[Na+]. The minimum atomic E-state index is -1.08. The molecule has 0 aromatic heterocycles. The molecule has 0 aromatic rings. The summed E-state index contributed by atoms with van der Waals surface area (Å²) in [6.45, 7) is 3.89. The van der Waals surface area contributed by atoms with E-state index in [1.807, 2.05) is 0 Å². The van der Waals surface area contributed by atoms with Crippen LogP contribution in [0.5, 0.6) is 0 Å². The first-order valence-corrected chi connectivity index (χ1v) is 3.63. The topological polar surface area (TPSA) is 161 Å². The number of carboxylic acids is 4. The predicted octanol–water partition coefficient (Wildman–Crippen LogP) is -11.0. The molecule has 105 valence electrons. The molecule has 0 amide bonds. The van der Waals surface area contributed by atoms with Crippen molar-refractivity contribution < 1.29 is 116 Å². The van der Waals surface area contributed by atoms with Gasteiger partial charge in [-0.3, -0.25) is 0 Å². The zero-order valence-corrected chi connectivity index (χ0v) is 16.5. The standard InChI is InChI=1S/4C2H4O2.Cu.2Na/c4*1-2(3)4;;;/h4*1H3,(H,3,4);;;/q;;;;+2;2*+1/p-4. The Balaban J connectivity index is -0.0000000192. The fourth-order valence-corrected chi connectivity index (χ4v) is 0. The van der Waals surface area contributed by atoms with Crippen molar-refractivity contribution in [2.75, 3.05) is 0 Å². The molecule has 1 radical (unpaired) electrons. The molecular formula is C8H12CuNa2O8. The van der Waals surface area contributed by atoms with Crippen molar-refractivity contribution in [1.82, 2.24) is 0 Å². The Bertz CT molecular complexity index is 171. The van der Waals surface area contributed by atoms with Gasteiger partial charge in [0.1, 0.15) is 0 Å². The molecule has 0 aromatic carbocycles. The fourth-order valence-electron chi connectivity index (χ4n) is 0. The summed E-state index contributed by atoms with van der Waals surface area (Å²) in [7, 11) is 0. The Hall–Kier alpha value is 0.399. The normalized spacial score (nSPS) is 5.26. The van der Waals surface area contributed by atoms with Gasteiger partial charge in [0.2, 0.25) is 0 Å². The first-order valence-electron chi connectivity index (χ1n) is 3.63. The molecule has 0 spiro atoms. The smallest absolute Gasteiger partial charge is 0.550 e. The van der Waals surface area contributed by atoms with Crippen LogP contribution < -0.4 is 79.5 Å². The number of carbonyl (C=O) groups is 4. The maximum Gasteiger partial charge on any atom is 2.00 e. The van der Waals surface area contributed by atoms with Gasteiger partial charge in [-0.15, -0.1) is 0 Å². The van der Waals surface area contributed by atoms with Gasteiger partial charge in [0, 0.05) is 23.9 Å². The molecule has 0 saturated carbocycles. The average molecular weight is 346 g/mol. The van der Waals surface area contributed by atoms with Crippen molar-refractivity contribution in [1.29, 1.82) is 0 Å². The molecule has 0 heterocycles. The Kier molecular flexibility index (Phi) is 81.5. The molecular weight excluding hydrogens is 334 g/mol. The molecule has 0 rings (SSSR count). The summed E-state index contributed by atoms with van der Waals surface area (Å²) in [6, 6.07) is 0. The maximum atomic E-state index is 8.89. The van der Waals surface area contributed by atoms with Gasteiger partial charge >= 0.3 is 76.2 Å². The number of hydrogen-bond acceptors (Lipinski definition) is 8. The molecule has 0 atom stereocenters. The third kappa shape index (κ3) is 31000. The Morgan fingerprint density at radius 1 is 0.526 bits per heavy atom. The summed E-state index contributed by atoms with van der Waals surface area (Å²) in [5.74, 6) is -4.33. The zero-order valence-electron chi connectivity index (χ0n) is 11.6. The largest absolute Gasteiger partial charge is 2.00 e. The van der Waals surface area contributed by atoms with Crippen molar-refractivity contribution in [2.45, 2.75) is 27.7 Å². The van der Waals surface area contributed by atoms with Crippen LogP contribution in [0.1, 0.15) is 27.7 Å². The molecule has 0 aliphatic heterocycles. The van der Waals surface area contributed by atoms with Gasteiger partial charge in [-0.25, -0.2) is 0 Å². The van der Waals surface area contributed by atoms with Crippen LogP contribution in [-0.2, 0) is 36.2 Å². The van der Waals surface area contributed by atoms with Crippen LogP contribution in [0, 0.1) is 0 Å². The molecule has 0 bridgehead atoms. The van der Waals surface area contributed by atoms with E-state index in [2.05, 4.69) is 0 Å². The monoisotopic (exact) mass is 345 g/mol. The van der Waals surface area contributed by atoms with Gasteiger partial charge in [0.05, 0.1) is 0 Å². The molecule has 11 heteroatoms. The fraction of sp³-hybridized carbons (Fsp3) is 0.500. The summed E-state index contributed by atoms with van der Waals surface area (Å²) in [6.07, 6.45) is 0. The predicted molar refractivity (Wildman–Crippen MR) is 42.7 cm³/mol. The molecule has 0 fully saturated rings. The van der Waals surface area contributed by atoms with Gasteiger partial charge in [-0.05, 0) is 27.7 Å². The van der Waals surface area contributed by atoms with E-state index in [4.69, 9.17) is 39.6 Å². The molecule has 0 N–H and O–H groups in total. The molecule has 0 aliphatic carbocycles. The number of aliphatic carboxylic acids is 4. The minimum Gasteiger partial charge on any atom is -0.550 e. The van der Waals surface area contributed by atoms with Crippen LogP contribution in [0.4, 0.5) is 0 Å². The average Bonchev–Trinajstić information content (AvgIpc) is 1.76. The minimum absolute atomic E-state index is 0. The molecule has 0 saturated heterocycles. The van der Waals surface area contributed by atoms with E-state index in [0.717, 1.165) is 27.7 Å². The second kappa shape index (κ2) is 36.2.